The molecule has 0 atom stereocenters. The van der Waals surface area contributed by atoms with E-state index in [2.05, 4.69) is 20.8 Å². The Morgan fingerprint density at radius 3 is 2.00 bits per heavy atom. The molecular weight excluding hydrogens is 244 g/mol. The van der Waals surface area contributed by atoms with Crippen LogP contribution in [0.4, 0.5) is 0 Å². The predicted octanol–water partition coefficient (Wildman–Crippen LogP) is 3.48. The summed E-state index contributed by atoms with van der Waals surface area (Å²) >= 11 is 0. The average molecular weight is 272 g/mol. The molecule has 0 radical (unpaired) electrons. The second-order valence-corrected chi connectivity index (χ2v) is 5.18. The van der Waals surface area contributed by atoms with E-state index in [1.165, 1.54) is 6.42 Å². The van der Waals surface area contributed by atoms with Crippen molar-refractivity contribution in [2.75, 3.05) is 13.2 Å². The molecule has 0 bridgehead atoms. The molecule has 4 nitrogen and oxygen atoms in total. The van der Waals surface area contributed by atoms with E-state index in [9.17, 15) is 9.59 Å². The summed E-state index contributed by atoms with van der Waals surface area (Å²) in [4.78, 5) is 22.6. The average Bonchev–Trinajstić information content (AvgIpc) is 2.35. The molecule has 0 aliphatic carbocycles. The highest BCUT2D eigenvalue weighted by Crippen LogP contribution is 2.03. The van der Waals surface area contributed by atoms with Crippen molar-refractivity contribution in [2.45, 2.75) is 65.7 Å². The Balaban J connectivity index is 3.43. The van der Waals surface area contributed by atoms with E-state index in [1.807, 2.05) is 0 Å². The molecule has 0 aromatic carbocycles. The quantitative estimate of drug-likeness (QED) is 0.427. The molecule has 0 aliphatic heterocycles. The normalized spacial score (nSPS) is 10.5. The number of ether oxygens (including phenoxy) is 2. The molecule has 0 aliphatic rings. The zero-order chi connectivity index (χ0) is 14.5. The Bertz CT molecular complexity index is 249. The van der Waals surface area contributed by atoms with E-state index in [4.69, 9.17) is 9.47 Å². The smallest absolute Gasteiger partial charge is 0.306 e. The van der Waals surface area contributed by atoms with Gasteiger partial charge in [-0.3, -0.25) is 9.59 Å². The molecule has 0 unspecified atom stereocenters. The minimum atomic E-state index is -0.316. The third-order valence-corrected chi connectivity index (χ3v) is 2.75. The van der Waals surface area contributed by atoms with Crippen LogP contribution in [-0.4, -0.2) is 25.2 Å². The predicted molar refractivity (Wildman–Crippen MR) is 74.7 cm³/mol. The summed E-state index contributed by atoms with van der Waals surface area (Å²) in [5, 5.41) is 0. The summed E-state index contributed by atoms with van der Waals surface area (Å²) in [6, 6.07) is 0. The Kier molecular flexibility index (Phi) is 11.3. The van der Waals surface area contributed by atoms with Crippen LogP contribution < -0.4 is 0 Å². The van der Waals surface area contributed by atoms with Crippen LogP contribution in [0.15, 0.2) is 0 Å². The molecule has 0 aromatic rings. The number of carbonyl (C=O) groups excluding carboxylic acids is 2. The molecule has 0 saturated heterocycles. The van der Waals surface area contributed by atoms with Crippen molar-refractivity contribution in [1.82, 2.24) is 0 Å². The number of esters is 2. The number of carbonyl (C=O) groups is 2. The summed E-state index contributed by atoms with van der Waals surface area (Å²) in [5.74, 6) is -0.109. The van der Waals surface area contributed by atoms with Crippen LogP contribution in [0.3, 0.4) is 0 Å². The van der Waals surface area contributed by atoms with E-state index in [0.29, 0.717) is 19.1 Å². The fourth-order valence-corrected chi connectivity index (χ4v) is 1.47. The van der Waals surface area contributed by atoms with Gasteiger partial charge in [-0.2, -0.15) is 0 Å². The van der Waals surface area contributed by atoms with Gasteiger partial charge in [-0.1, -0.05) is 40.0 Å². The summed E-state index contributed by atoms with van der Waals surface area (Å²) < 4.78 is 10.0. The van der Waals surface area contributed by atoms with Crippen LogP contribution >= 0.6 is 0 Å². The first-order valence-electron chi connectivity index (χ1n) is 7.37. The lowest BCUT2D eigenvalue weighted by atomic mass is 10.1. The van der Waals surface area contributed by atoms with Gasteiger partial charge in [-0.15, -0.1) is 0 Å². The van der Waals surface area contributed by atoms with Crippen LogP contribution in [0, 0.1) is 5.92 Å². The highest BCUT2D eigenvalue weighted by molar-refractivity contribution is 5.77. The van der Waals surface area contributed by atoms with Crippen molar-refractivity contribution in [3.63, 3.8) is 0 Å². The summed E-state index contributed by atoms with van der Waals surface area (Å²) in [5.41, 5.74) is 0. The molecule has 4 heteroatoms. The van der Waals surface area contributed by atoms with E-state index >= 15 is 0 Å². The van der Waals surface area contributed by atoms with Crippen molar-refractivity contribution in [3.8, 4) is 0 Å². The Hall–Kier alpha value is -1.06. The molecule has 0 spiro atoms. The Labute approximate surface area is 116 Å². The fraction of sp³-hybridized carbons (Fsp3) is 0.867. The summed E-state index contributed by atoms with van der Waals surface area (Å²) in [6.07, 6.45) is 5.41. The first-order valence-corrected chi connectivity index (χ1v) is 7.37. The van der Waals surface area contributed by atoms with Crippen LogP contribution in [0.5, 0.6) is 0 Å². The van der Waals surface area contributed by atoms with Gasteiger partial charge in [0.15, 0.2) is 0 Å². The molecule has 0 amide bonds. The van der Waals surface area contributed by atoms with E-state index in [0.717, 1.165) is 25.7 Å². The summed E-state index contributed by atoms with van der Waals surface area (Å²) in [7, 11) is 0. The first kappa shape index (κ1) is 17.9. The lowest BCUT2D eigenvalue weighted by molar-refractivity contribution is -0.150. The van der Waals surface area contributed by atoms with Crippen LogP contribution in [0.2, 0.25) is 0 Å². The molecule has 0 heterocycles. The second kappa shape index (κ2) is 12.0. The minimum absolute atomic E-state index is 0.117. The number of hydrogen-bond donors (Lipinski definition) is 0. The molecule has 0 N–H and O–H groups in total. The maximum Gasteiger partial charge on any atom is 0.306 e. The highest BCUT2D eigenvalue weighted by Gasteiger charge is 2.09. The zero-order valence-electron chi connectivity index (χ0n) is 12.6. The maximum absolute atomic E-state index is 11.3. The van der Waals surface area contributed by atoms with Gasteiger partial charge in [0.1, 0.15) is 0 Å². The lowest BCUT2D eigenvalue weighted by Gasteiger charge is -2.07. The van der Waals surface area contributed by atoms with Crippen molar-refractivity contribution >= 4 is 11.9 Å². The topological polar surface area (TPSA) is 52.6 Å². The SMILES string of the molecule is CCCCCCOC(=O)CCC(=O)OCCC(C)C. The maximum atomic E-state index is 11.3. The van der Waals surface area contributed by atoms with E-state index in [1.54, 1.807) is 0 Å². The van der Waals surface area contributed by atoms with Gasteiger partial charge in [-0.25, -0.2) is 0 Å². The molecular formula is C15H28O4. The molecule has 0 aromatic heterocycles. The van der Waals surface area contributed by atoms with Gasteiger partial charge < -0.3 is 9.47 Å². The first-order chi connectivity index (χ1) is 9.06. The third kappa shape index (κ3) is 13.2. The van der Waals surface area contributed by atoms with E-state index in [-0.39, 0.29) is 24.8 Å². The summed E-state index contributed by atoms with van der Waals surface area (Å²) in [6.45, 7) is 7.17. The molecule has 112 valence electrons. The monoisotopic (exact) mass is 272 g/mol. The fourth-order valence-electron chi connectivity index (χ4n) is 1.47. The van der Waals surface area contributed by atoms with Gasteiger partial charge in [0.25, 0.3) is 0 Å². The third-order valence-electron chi connectivity index (χ3n) is 2.75. The largest absolute Gasteiger partial charge is 0.466 e. The molecule has 19 heavy (non-hydrogen) atoms. The van der Waals surface area contributed by atoms with Gasteiger partial charge in [-0.05, 0) is 18.8 Å². The Morgan fingerprint density at radius 2 is 1.47 bits per heavy atom. The van der Waals surface area contributed by atoms with Crippen molar-refractivity contribution < 1.29 is 19.1 Å². The Morgan fingerprint density at radius 1 is 0.895 bits per heavy atom. The van der Waals surface area contributed by atoms with Crippen LogP contribution in [-0.2, 0) is 19.1 Å². The number of unbranched alkanes of at least 4 members (excludes halogenated alkanes) is 3. The molecule has 0 rings (SSSR count). The lowest BCUT2D eigenvalue weighted by Crippen LogP contribution is -2.12. The van der Waals surface area contributed by atoms with Gasteiger partial charge in [0.05, 0.1) is 26.1 Å². The zero-order valence-corrected chi connectivity index (χ0v) is 12.6. The minimum Gasteiger partial charge on any atom is -0.466 e. The van der Waals surface area contributed by atoms with Crippen LogP contribution in [0.25, 0.3) is 0 Å². The second-order valence-electron chi connectivity index (χ2n) is 5.18. The molecule has 0 saturated carbocycles. The van der Waals surface area contributed by atoms with Gasteiger partial charge >= 0.3 is 11.9 Å². The van der Waals surface area contributed by atoms with Crippen molar-refractivity contribution in [3.05, 3.63) is 0 Å². The van der Waals surface area contributed by atoms with Crippen molar-refractivity contribution in [2.24, 2.45) is 5.92 Å². The number of rotatable bonds is 11. The molecule has 0 fully saturated rings. The van der Waals surface area contributed by atoms with Gasteiger partial charge in [0.2, 0.25) is 0 Å². The van der Waals surface area contributed by atoms with Gasteiger partial charge in [0, 0.05) is 0 Å². The highest BCUT2D eigenvalue weighted by atomic mass is 16.5. The number of hydrogen-bond acceptors (Lipinski definition) is 4. The van der Waals surface area contributed by atoms with E-state index < -0.39 is 0 Å². The standard InChI is InChI=1S/C15H28O4/c1-4-5-6-7-11-18-14(16)8-9-15(17)19-12-10-13(2)3/h13H,4-12H2,1-3H3. The van der Waals surface area contributed by atoms with Crippen LogP contribution in [0.1, 0.15) is 65.7 Å². The van der Waals surface area contributed by atoms with Crippen molar-refractivity contribution in [1.29, 1.82) is 0 Å².